The molecule has 1 heterocycles. The summed E-state index contributed by atoms with van der Waals surface area (Å²) in [7, 11) is 0. The van der Waals surface area contributed by atoms with Crippen molar-refractivity contribution in [3.05, 3.63) is 17.5 Å². The second-order valence-electron chi connectivity index (χ2n) is 2.94. The lowest BCUT2D eigenvalue weighted by Gasteiger charge is -2.09. The Balaban J connectivity index is 3.00. The third kappa shape index (κ3) is 1.61. The van der Waals surface area contributed by atoms with E-state index in [1.165, 1.54) is 19.9 Å². The van der Waals surface area contributed by atoms with Gasteiger partial charge < -0.3 is 5.11 Å². The lowest BCUT2D eigenvalue weighted by atomic mass is 10.1. The van der Waals surface area contributed by atoms with E-state index in [0.29, 0.717) is 0 Å². The molecule has 5 heteroatoms. The van der Waals surface area contributed by atoms with Crippen molar-refractivity contribution in [3.63, 3.8) is 0 Å². The molecule has 0 atom stereocenters. The molecule has 1 rings (SSSR count). The molecule has 0 saturated carbocycles. The van der Waals surface area contributed by atoms with Crippen molar-refractivity contribution in [2.24, 2.45) is 0 Å². The molecule has 0 aromatic carbocycles. The molecule has 0 spiro atoms. The minimum Gasteiger partial charge on any atom is -0.476 e. The first-order valence-electron chi connectivity index (χ1n) is 3.39. The smallest absolute Gasteiger partial charge is 0.356 e. The molecule has 0 bridgehead atoms. The summed E-state index contributed by atoms with van der Waals surface area (Å²) in [6.45, 7) is 2.65. The molecular formula is C7H9FN2O2. The number of aromatic nitrogens is 2. The normalized spacial score (nSPS) is 11.6. The van der Waals surface area contributed by atoms with Gasteiger partial charge in [-0.25, -0.2) is 9.18 Å². The highest BCUT2D eigenvalue weighted by atomic mass is 19.1. The summed E-state index contributed by atoms with van der Waals surface area (Å²) >= 11 is 0. The number of carbonyl (C=O) groups is 1. The van der Waals surface area contributed by atoms with Gasteiger partial charge in [-0.3, -0.25) is 5.10 Å². The molecule has 0 unspecified atom stereocenters. The average molecular weight is 172 g/mol. The highest BCUT2D eigenvalue weighted by molar-refractivity contribution is 5.85. The summed E-state index contributed by atoms with van der Waals surface area (Å²) in [6.07, 6.45) is 0. The van der Waals surface area contributed by atoms with E-state index in [2.05, 4.69) is 10.2 Å². The van der Waals surface area contributed by atoms with Gasteiger partial charge in [0, 0.05) is 0 Å². The minimum absolute atomic E-state index is 0.167. The van der Waals surface area contributed by atoms with Gasteiger partial charge in [0.05, 0.1) is 5.69 Å². The molecule has 0 saturated heterocycles. The van der Waals surface area contributed by atoms with Crippen LogP contribution in [0.1, 0.15) is 30.0 Å². The Morgan fingerprint density at radius 1 is 1.75 bits per heavy atom. The van der Waals surface area contributed by atoms with Gasteiger partial charge in [-0.2, -0.15) is 5.10 Å². The highest BCUT2D eigenvalue weighted by Crippen LogP contribution is 2.22. The number of rotatable bonds is 2. The molecule has 0 fully saturated rings. The fraction of sp³-hybridized carbons (Fsp3) is 0.429. The maximum Gasteiger partial charge on any atom is 0.356 e. The van der Waals surface area contributed by atoms with Crippen LogP contribution >= 0.6 is 0 Å². The molecule has 0 amide bonds. The van der Waals surface area contributed by atoms with Crippen LogP contribution in [-0.2, 0) is 5.67 Å². The number of aromatic amines is 1. The van der Waals surface area contributed by atoms with Crippen molar-refractivity contribution in [1.82, 2.24) is 10.2 Å². The molecule has 0 aliphatic rings. The number of carboxylic acid groups (broad SMARTS) is 1. The largest absolute Gasteiger partial charge is 0.476 e. The molecule has 0 aliphatic heterocycles. The molecular weight excluding hydrogens is 163 g/mol. The predicted molar refractivity (Wildman–Crippen MR) is 39.7 cm³/mol. The summed E-state index contributed by atoms with van der Waals surface area (Å²) in [5.41, 5.74) is -1.59. The molecule has 4 nitrogen and oxygen atoms in total. The molecule has 0 aliphatic carbocycles. The second kappa shape index (κ2) is 2.58. The Hall–Kier alpha value is -1.39. The number of nitrogens with zero attached hydrogens (tertiary/aromatic N) is 1. The van der Waals surface area contributed by atoms with Crippen LogP contribution in [0.3, 0.4) is 0 Å². The SMILES string of the molecule is CC(C)(F)c1cc(C(=O)O)n[nH]1. The van der Waals surface area contributed by atoms with Gasteiger partial charge in [0.1, 0.15) is 5.67 Å². The summed E-state index contributed by atoms with van der Waals surface area (Å²) in [4.78, 5) is 10.3. The van der Waals surface area contributed by atoms with Gasteiger partial charge in [-0.05, 0) is 19.9 Å². The number of hydrogen-bond donors (Lipinski definition) is 2. The Labute approximate surface area is 68.4 Å². The zero-order chi connectivity index (χ0) is 9.35. The summed E-state index contributed by atoms with van der Waals surface area (Å²) in [5, 5.41) is 14.2. The first kappa shape index (κ1) is 8.70. The van der Waals surface area contributed by atoms with Crippen LogP contribution in [0.4, 0.5) is 4.39 Å². The molecule has 66 valence electrons. The fourth-order valence-corrected chi connectivity index (χ4v) is 0.736. The van der Waals surface area contributed by atoms with Crippen molar-refractivity contribution >= 4 is 5.97 Å². The maximum atomic E-state index is 13.1. The third-order valence-electron chi connectivity index (χ3n) is 1.44. The van der Waals surface area contributed by atoms with E-state index >= 15 is 0 Å². The lowest BCUT2D eigenvalue weighted by molar-refractivity contribution is 0.0690. The third-order valence-corrected chi connectivity index (χ3v) is 1.44. The topological polar surface area (TPSA) is 66.0 Å². The Morgan fingerprint density at radius 3 is 2.58 bits per heavy atom. The van der Waals surface area contributed by atoms with E-state index in [1.807, 2.05) is 0 Å². The minimum atomic E-state index is -1.58. The average Bonchev–Trinajstić information content (AvgIpc) is 2.30. The molecule has 2 N–H and O–H groups in total. The maximum absolute atomic E-state index is 13.1. The van der Waals surface area contributed by atoms with E-state index in [-0.39, 0.29) is 11.4 Å². The monoisotopic (exact) mass is 172 g/mol. The standard InChI is InChI=1S/C7H9FN2O2/c1-7(2,8)5-3-4(6(11)12)9-10-5/h3H,1-2H3,(H,9,10)(H,11,12). The Bertz CT molecular complexity index is 301. The van der Waals surface area contributed by atoms with Gasteiger partial charge >= 0.3 is 5.97 Å². The van der Waals surface area contributed by atoms with Crippen molar-refractivity contribution in [1.29, 1.82) is 0 Å². The molecule has 0 radical (unpaired) electrons. The van der Waals surface area contributed by atoms with Crippen LogP contribution in [-0.4, -0.2) is 21.3 Å². The van der Waals surface area contributed by atoms with Gasteiger partial charge in [0.2, 0.25) is 0 Å². The van der Waals surface area contributed by atoms with E-state index in [1.54, 1.807) is 0 Å². The highest BCUT2D eigenvalue weighted by Gasteiger charge is 2.22. The fourth-order valence-electron chi connectivity index (χ4n) is 0.736. The van der Waals surface area contributed by atoms with E-state index in [0.717, 1.165) is 0 Å². The number of alkyl halides is 1. The van der Waals surface area contributed by atoms with Gasteiger partial charge in [-0.15, -0.1) is 0 Å². The number of aromatic carboxylic acids is 1. The molecule has 12 heavy (non-hydrogen) atoms. The van der Waals surface area contributed by atoms with Crippen molar-refractivity contribution in [2.75, 3.05) is 0 Å². The number of halogens is 1. The quantitative estimate of drug-likeness (QED) is 0.706. The molecule has 1 aromatic heterocycles. The lowest BCUT2D eigenvalue weighted by Crippen LogP contribution is -2.09. The number of carboxylic acids is 1. The number of H-pyrrole nitrogens is 1. The first-order valence-corrected chi connectivity index (χ1v) is 3.39. The second-order valence-corrected chi connectivity index (χ2v) is 2.94. The number of hydrogen-bond acceptors (Lipinski definition) is 2. The van der Waals surface area contributed by atoms with Gasteiger partial charge in [-0.1, -0.05) is 0 Å². The van der Waals surface area contributed by atoms with E-state index in [9.17, 15) is 9.18 Å². The predicted octanol–water partition coefficient (Wildman–Crippen LogP) is 1.31. The van der Waals surface area contributed by atoms with Crippen LogP contribution in [0.15, 0.2) is 6.07 Å². The van der Waals surface area contributed by atoms with Gasteiger partial charge in [0.25, 0.3) is 0 Å². The Kier molecular flexibility index (Phi) is 1.87. The van der Waals surface area contributed by atoms with E-state index in [4.69, 9.17) is 5.11 Å². The molecule has 1 aromatic rings. The summed E-state index contributed by atoms with van der Waals surface area (Å²) in [6, 6.07) is 1.18. The van der Waals surface area contributed by atoms with Gasteiger partial charge in [0.15, 0.2) is 5.69 Å². The van der Waals surface area contributed by atoms with Crippen molar-refractivity contribution in [2.45, 2.75) is 19.5 Å². The van der Waals surface area contributed by atoms with Crippen LogP contribution in [0.5, 0.6) is 0 Å². The van der Waals surface area contributed by atoms with Crippen LogP contribution in [0.25, 0.3) is 0 Å². The van der Waals surface area contributed by atoms with Crippen LogP contribution < -0.4 is 0 Å². The Morgan fingerprint density at radius 2 is 2.33 bits per heavy atom. The zero-order valence-electron chi connectivity index (χ0n) is 6.76. The zero-order valence-corrected chi connectivity index (χ0v) is 6.76. The van der Waals surface area contributed by atoms with Crippen LogP contribution in [0.2, 0.25) is 0 Å². The van der Waals surface area contributed by atoms with Crippen molar-refractivity contribution in [3.8, 4) is 0 Å². The van der Waals surface area contributed by atoms with Crippen LogP contribution in [0, 0.1) is 0 Å². The summed E-state index contributed by atoms with van der Waals surface area (Å²) in [5.74, 6) is -1.17. The number of nitrogens with one attached hydrogen (secondary N) is 1. The van der Waals surface area contributed by atoms with Crippen molar-refractivity contribution < 1.29 is 14.3 Å². The summed E-state index contributed by atoms with van der Waals surface area (Å²) < 4.78 is 13.1. The first-order chi connectivity index (χ1) is 5.41. The van der Waals surface area contributed by atoms with E-state index < -0.39 is 11.6 Å².